The molecule has 2 saturated heterocycles. The molecule has 1 unspecified atom stereocenters. The maximum atomic E-state index is 13.2. The van der Waals surface area contributed by atoms with Crippen molar-refractivity contribution in [2.24, 2.45) is 5.92 Å². The number of thioether (sulfide) groups is 1. The Morgan fingerprint density at radius 3 is 2.75 bits per heavy atom. The molecule has 142 valence electrons. The summed E-state index contributed by atoms with van der Waals surface area (Å²) in [6.07, 6.45) is 5.92. The molecule has 2 aromatic carbocycles. The Kier molecular flexibility index (Phi) is 4.37. The first-order chi connectivity index (χ1) is 13.7. The molecule has 1 amide bonds. The number of aromatic nitrogens is 1. The van der Waals surface area contributed by atoms with Gasteiger partial charge in [0.2, 0.25) is 0 Å². The third-order valence-corrected chi connectivity index (χ3v) is 6.90. The van der Waals surface area contributed by atoms with Gasteiger partial charge < -0.3 is 10.6 Å². The minimum Gasteiger partial charge on any atom is -0.343 e. The molecule has 1 aliphatic carbocycles. The van der Waals surface area contributed by atoms with E-state index in [1.54, 1.807) is 6.20 Å². The normalized spacial score (nSPS) is 24.0. The van der Waals surface area contributed by atoms with Crippen molar-refractivity contribution in [3.63, 3.8) is 0 Å². The van der Waals surface area contributed by atoms with E-state index in [-0.39, 0.29) is 17.5 Å². The molecule has 3 aliphatic rings. The Morgan fingerprint density at radius 1 is 1.18 bits per heavy atom. The second-order valence-electron chi connectivity index (χ2n) is 7.88. The molecule has 4 nitrogen and oxygen atoms in total. The standard InChI is InChI=1S/C23H23N3OS/c1-28-22-19(7-4-10-24-22)21(27)26-20(23-12-15(13-23)14-25-23)18-9-8-16-5-2-3-6-17(16)11-18/h2-11,15,20,25H,12-14H2,1H3,(H,26,27). The summed E-state index contributed by atoms with van der Waals surface area (Å²) in [6.45, 7) is 1.04. The number of hydrogen-bond donors (Lipinski definition) is 2. The fraction of sp³-hybridized carbons (Fsp3) is 0.304. The second-order valence-corrected chi connectivity index (χ2v) is 8.68. The van der Waals surface area contributed by atoms with Crippen LogP contribution in [0.3, 0.4) is 0 Å². The quantitative estimate of drug-likeness (QED) is 0.643. The lowest BCUT2D eigenvalue weighted by Crippen LogP contribution is -2.54. The third kappa shape index (κ3) is 2.90. The van der Waals surface area contributed by atoms with Crippen LogP contribution < -0.4 is 10.6 Å². The second kappa shape index (κ2) is 6.90. The number of hydrogen-bond acceptors (Lipinski definition) is 4. The van der Waals surface area contributed by atoms with E-state index in [0.29, 0.717) is 5.56 Å². The number of carbonyl (C=O) groups is 1. The van der Waals surface area contributed by atoms with Crippen LogP contribution in [-0.2, 0) is 0 Å². The van der Waals surface area contributed by atoms with Crippen LogP contribution in [0.4, 0.5) is 0 Å². The van der Waals surface area contributed by atoms with Gasteiger partial charge in [0.1, 0.15) is 5.03 Å². The number of pyridine rings is 1. The van der Waals surface area contributed by atoms with Gasteiger partial charge in [-0.1, -0.05) is 36.4 Å². The summed E-state index contributed by atoms with van der Waals surface area (Å²) in [5.41, 5.74) is 1.77. The molecule has 3 aromatic rings. The van der Waals surface area contributed by atoms with Crippen molar-refractivity contribution in [1.29, 1.82) is 0 Å². The Balaban J connectivity index is 1.52. The molecule has 1 atom stereocenters. The van der Waals surface area contributed by atoms with Crippen LogP contribution in [0.25, 0.3) is 10.8 Å². The minimum absolute atomic E-state index is 0.0372. The Bertz CT molecular complexity index is 1040. The lowest BCUT2D eigenvalue weighted by atomic mass is 9.67. The van der Waals surface area contributed by atoms with Crippen LogP contribution in [-0.4, -0.2) is 29.2 Å². The van der Waals surface area contributed by atoms with Crippen LogP contribution in [0.5, 0.6) is 0 Å². The maximum absolute atomic E-state index is 13.2. The van der Waals surface area contributed by atoms with Crippen molar-refractivity contribution < 1.29 is 4.79 Å². The topological polar surface area (TPSA) is 54.0 Å². The van der Waals surface area contributed by atoms with Crippen LogP contribution >= 0.6 is 11.8 Å². The summed E-state index contributed by atoms with van der Waals surface area (Å²) >= 11 is 1.50. The molecule has 0 spiro atoms. The van der Waals surface area contributed by atoms with Gasteiger partial charge in [-0.25, -0.2) is 4.98 Å². The fourth-order valence-corrected chi connectivity index (χ4v) is 5.35. The van der Waals surface area contributed by atoms with Crippen LogP contribution in [0.15, 0.2) is 65.8 Å². The monoisotopic (exact) mass is 389 g/mol. The molecule has 0 radical (unpaired) electrons. The first-order valence-corrected chi connectivity index (χ1v) is 10.9. The lowest BCUT2D eigenvalue weighted by molar-refractivity contribution is 0.0859. The minimum atomic E-state index is -0.0572. The predicted molar refractivity (Wildman–Crippen MR) is 114 cm³/mol. The van der Waals surface area contributed by atoms with Crippen molar-refractivity contribution in [2.45, 2.75) is 29.4 Å². The molecule has 2 bridgehead atoms. The molecule has 6 rings (SSSR count). The van der Waals surface area contributed by atoms with E-state index in [0.717, 1.165) is 35.9 Å². The number of benzene rings is 2. The van der Waals surface area contributed by atoms with Crippen molar-refractivity contribution in [3.8, 4) is 0 Å². The Hall–Kier alpha value is -2.37. The molecule has 2 N–H and O–H groups in total. The SMILES string of the molecule is CSc1ncccc1C(=O)NC(c1ccc2ccccc2c1)C12CC(CN1)C2. The van der Waals surface area contributed by atoms with E-state index in [1.807, 2.05) is 18.4 Å². The smallest absolute Gasteiger partial charge is 0.254 e. The molecule has 1 aromatic heterocycles. The molecule has 3 heterocycles. The van der Waals surface area contributed by atoms with E-state index < -0.39 is 0 Å². The molecular weight excluding hydrogens is 366 g/mol. The summed E-state index contributed by atoms with van der Waals surface area (Å²) in [5, 5.41) is 10.2. The zero-order valence-electron chi connectivity index (χ0n) is 15.8. The number of nitrogens with zero attached hydrogens (tertiary/aromatic N) is 1. The Labute approximate surface area is 169 Å². The molecular formula is C23H23N3OS. The number of nitrogens with one attached hydrogen (secondary N) is 2. The predicted octanol–water partition coefficient (Wildman–Crippen LogP) is 4.18. The lowest BCUT2D eigenvalue weighted by Gasteiger charge is -2.44. The van der Waals surface area contributed by atoms with E-state index in [2.05, 4.69) is 58.1 Å². The van der Waals surface area contributed by atoms with Crippen LogP contribution in [0.2, 0.25) is 0 Å². The average molecular weight is 390 g/mol. The first-order valence-electron chi connectivity index (χ1n) is 9.72. The summed E-state index contributed by atoms with van der Waals surface area (Å²) in [5.74, 6) is 0.683. The van der Waals surface area contributed by atoms with Gasteiger partial charge in [0.05, 0.1) is 11.6 Å². The van der Waals surface area contributed by atoms with Gasteiger partial charge in [0.15, 0.2) is 0 Å². The van der Waals surface area contributed by atoms with Crippen molar-refractivity contribution in [1.82, 2.24) is 15.6 Å². The van der Waals surface area contributed by atoms with Crippen molar-refractivity contribution in [2.75, 3.05) is 12.8 Å². The van der Waals surface area contributed by atoms with E-state index >= 15 is 0 Å². The Morgan fingerprint density at radius 2 is 2.00 bits per heavy atom. The van der Waals surface area contributed by atoms with E-state index in [4.69, 9.17) is 0 Å². The number of amides is 1. The van der Waals surface area contributed by atoms with Crippen LogP contribution in [0, 0.1) is 5.92 Å². The van der Waals surface area contributed by atoms with Crippen molar-refractivity contribution in [3.05, 3.63) is 71.9 Å². The largest absolute Gasteiger partial charge is 0.343 e. The first kappa shape index (κ1) is 17.7. The molecule has 5 heteroatoms. The molecule has 28 heavy (non-hydrogen) atoms. The van der Waals surface area contributed by atoms with Gasteiger partial charge in [-0.3, -0.25) is 4.79 Å². The third-order valence-electron chi connectivity index (χ3n) is 6.19. The average Bonchev–Trinajstić information content (AvgIpc) is 3.33. The molecule has 1 saturated carbocycles. The molecule has 2 aliphatic heterocycles. The number of carbonyl (C=O) groups excluding carboxylic acids is 1. The van der Waals surface area contributed by atoms with Crippen molar-refractivity contribution >= 4 is 28.4 Å². The summed E-state index contributed by atoms with van der Waals surface area (Å²) in [6, 6.07) is 18.5. The summed E-state index contributed by atoms with van der Waals surface area (Å²) < 4.78 is 0. The fourth-order valence-electron chi connectivity index (χ4n) is 4.81. The van der Waals surface area contributed by atoms with Gasteiger partial charge >= 0.3 is 0 Å². The number of fused-ring (bicyclic) bond motifs is 2. The summed E-state index contributed by atoms with van der Waals surface area (Å²) in [4.78, 5) is 17.5. The number of rotatable bonds is 5. The summed E-state index contributed by atoms with van der Waals surface area (Å²) in [7, 11) is 0. The van der Waals surface area contributed by atoms with Gasteiger partial charge in [0.25, 0.3) is 5.91 Å². The van der Waals surface area contributed by atoms with Crippen LogP contribution in [0.1, 0.15) is 34.8 Å². The van der Waals surface area contributed by atoms with Gasteiger partial charge in [-0.05, 0) is 66.1 Å². The highest BCUT2D eigenvalue weighted by atomic mass is 32.2. The highest BCUT2D eigenvalue weighted by Gasteiger charge is 2.55. The van der Waals surface area contributed by atoms with E-state index in [1.165, 1.54) is 22.5 Å². The van der Waals surface area contributed by atoms with E-state index in [9.17, 15) is 4.79 Å². The van der Waals surface area contributed by atoms with Gasteiger partial charge in [-0.2, -0.15) is 0 Å². The maximum Gasteiger partial charge on any atom is 0.254 e. The zero-order chi connectivity index (χ0) is 19.1. The highest BCUT2D eigenvalue weighted by molar-refractivity contribution is 7.98. The van der Waals surface area contributed by atoms with Gasteiger partial charge in [0, 0.05) is 11.7 Å². The highest BCUT2D eigenvalue weighted by Crippen LogP contribution is 2.51. The molecule has 3 fully saturated rings. The van der Waals surface area contributed by atoms with Gasteiger partial charge in [-0.15, -0.1) is 11.8 Å². The zero-order valence-corrected chi connectivity index (χ0v) is 16.6.